The van der Waals surface area contributed by atoms with Gasteiger partial charge in [-0.3, -0.25) is 14.9 Å². The molecule has 0 aliphatic rings. The van der Waals surface area contributed by atoms with Crippen LogP contribution in [0, 0.1) is 10.1 Å². The van der Waals surface area contributed by atoms with Gasteiger partial charge in [0.2, 0.25) is 0 Å². The first kappa shape index (κ1) is 19.2. The van der Waals surface area contributed by atoms with Gasteiger partial charge in [-0.15, -0.1) is 0 Å². The molecule has 0 fully saturated rings. The Balaban J connectivity index is 1.87. The number of nitro groups is 1. The maximum absolute atomic E-state index is 12.2. The van der Waals surface area contributed by atoms with Crippen molar-refractivity contribution in [3.63, 3.8) is 0 Å². The molecule has 2 aromatic carbocycles. The van der Waals surface area contributed by atoms with Gasteiger partial charge in [0.15, 0.2) is 0 Å². The van der Waals surface area contributed by atoms with Crippen LogP contribution < -0.4 is 15.5 Å². The Morgan fingerprint density at radius 1 is 1.15 bits per heavy atom. The summed E-state index contributed by atoms with van der Waals surface area (Å²) in [5.74, 6) is -0.307. The van der Waals surface area contributed by atoms with Gasteiger partial charge < -0.3 is 15.5 Å². The first-order chi connectivity index (χ1) is 12.4. The normalized spacial score (nSPS) is 10.3. The average Bonchev–Trinajstić information content (AvgIpc) is 2.64. The Morgan fingerprint density at radius 2 is 1.85 bits per heavy atom. The number of carbonyl (C=O) groups is 1. The number of anilines is 2. The molecule has 26 heavy (non-hydrogen) atoms. The van der Waals surface area contributed by atoms with Crippen LogP contribution in [-0.4, -0.2) is 38.5 Å². The molecular weight excluding hydrogens is 332 g/mol. The fraction of sp³-hybridized carbons (Fsp3) is 0.316. The predicted molar refractivity (Wildman–Crippen MR) is 104 cm³/mol. The van der Waals surface area contributed by atoms with Gasteiger partial charge in [0, 0.05) is 45.0 Å². The number of hydrogen-bond donors (Lipinski definition) is 2. The van der Waals surface area contributed by atoms with E-state index < -0.39 is 4.92 Å². The maximum Gasteiger partial charge on any atom is 0.293 e. The van der Waals surface area contributed by atoms with Gasteiger partial charge in [-0.1, -0.05) is 12.1 Å². The van der Waals surface area contributed by atoms with Crippen molar-refractivity contribution < 1.29 is 9.72 Å². The first-order valence-corrected chi connectivity index (χ1v) is 8.43. The van der Waals surface area contributed by atoms with Gasteiger partial charge in [0.05, 0.1) is 4.92 Å². The molecule has 0 spiro atoms. The van der Waals surface area contributed by atoms with Crippen molar-refractivity contribution in [3.8, 4) is 0 Å². The highest BCUT2D eigenvalue weighted by molar-refractivity contribution is 5.95. The lowest BCUT2D eigenvalue weighted by molar-refractivity contribution is -0.384. The van der Waals surface area contributed by atoms with Crippen molar-refractivity contribution in [2.24, 2.45) is 0 Å². The maximum atomic E-state index is 12.2. The van der Waals surface area contributed by atoms with Gasteiger partial charge in [0.25, 0.3) is 11.6 Å². The van der Waals surface area contributed by atoms with Crippen LogP contribution in [0.5, 0.6) is 0 Å². The minimum Gasteiger partial charge on any atom is -0.383 e. The minimum absolute atomic E-state index is 0.110. The van der Waals surface area contributed by atoms with E-state index in [4.69, 9.17) is 0 Å². The standard InChI is InChI=1S/C19H24N4O3/c1-20-17-11-8-15(13-18(17)23(25)26)19(24)21-12-4-5-14-6-9-16(10-7-14)22(2)3/h6-11,13,20H,4-5,12H2,1-3H3,(H,21,24). The minimum atomic E-state index is -0.500. The molecule has 0 aliphatic heterocycles. The zero-order chi connectivity index (χ0) is 19.1. The number of nitrogens with zero attached hydrogens (tertiary/aromatic N) is 2. The number of nitrogens with one attached hydrogen (secondary N) is 2. The quantitative estimate of drug-likeness (QED) is 0.431. The molecule has 0 radical (unpaired) electrons. The highest BCUT2D eigenvalue weighted by Gasteiger charge is 2.16. The number of aryl methyl sites for hydroxylation is 1. The fourth-order valence-electron chi connectivity index (χ4n) is 2.59. The number of amides is 1. The summed E-state index contributed by atoms with van der Waals surface area (Å²) in [6, 6.07) is 12.7. The topological polar surface area (TPSA) is 87.5 Å². The summed E-state index contributed by atoms with van der Waals surface area (Å²) in [7, 11) is 5.60. The summed E-state index contributed by atoms with van der Waals surface area (Å²) in [6.45, 7) is 0.510. The van der Waals surface area contributed by atoms with Crippen molar-refractivity contribution in [1.29, 1.82) is 0 Å². The van der Waals surface area contributed by atoms with Crippen LogP contribution in [0.3, 0.4) is 0 Å². The van der Waals surface area contributed by atoms with Gasteiger partial charge >= 0.3 is 0 Å². The van der Waals surface area contributed by atoms with Crippen molar-refractivity contribution in [1.82, 2.24) is 5.32 Å². The number of hydrogen-bond acceptors (Lipinski definition) is 5. The summed E-state index contributed by atoms with van der Waals surface area (Å²) >= 11 is 0. The second kappa shape index (κ2) is 8.84. The second-order valence-electron chi connectivity index (χ2n) is 6.16. The Labute approximate surface area is 153 Å². The molecule has 0 heterocycles. The molecule has 0 unspecified atom stereocenters. The molecule has 0 bridgehead atoms. The molecule has 7 heteroatoms. The van der Waals surface area contributed by atoms with E-state index in [-0.39, 0.29) is 17.2 Å². The smallest absolute Gasteiger partial charge is 0.293 e. The molecule has 0 saturated carbocycles. The van der Waals surface area contributed by atoms with Crippen LogP contribution in [0.1, 0.15) is 22.3 Å². The Kier molecular flexibility index (Phi) is 6.54. The lowest BCUT2D eigenvalue weighted by Crippen LogP contribution is -2.24. The monoisotopic (exact) mass is 356 g/mol. The molecule has 7 nitrogen and oxygen atoms in total. The van der Waals surface area contributed by atoms with Crippen LogP contribution in [0.25, 0.3) is 0 Å². The van der Waals surface area contributed by atoms with E-state index in [2.05, 4.69) is 34.9 Å². The predicted octanol–water partition coefficient (Wildman–Crippen LogP) is 3.07. The molecule has 0 atom stereocenters. The first-order valence-electron chi connectivity index (χ1n) is 8.43. The summed E-state index contributed by atoms with van der Waals surface area (Å²) in [5, 5.41) is 16.6. The van der Waals surface area contributed by atoms with E-state index in [1.807, 2.05) is 19.0 Å². The molecule has 2 N–H and O–H groups in total. The van der Waals surface area contributed by atoms with Crippen molar-refractivity contribution in [3.05, 3.63) is 63.7 Å². The third-order valence-corrected chi connectivity index (χ3v) is 4.11. The van der Waals surface area contributed by atoms with Gasteiger partial charge in [-0.05, 0) is 42.7 Å². The highest BCUT2D eigenvalue weighted by atomic mass is 16.6. The van der Waals surface area contributed by atoms with E-state index in [1.165, 1.54) is 11.6 Å². The molecule has 0 aliphatic carbocycles. The van der Waals surface area contributed by atoms with E-state index in [1.54, 1.807) is 19.2 Å². The molecule has 2 aromatic rings. The van der Waals surface area contributed by atoms with Crippen LogP contribution in [0.15, 0.2) is 42.5 Å². The summed E-state index contributed by atoms with van der Waals surface area (Å²) in [5.41, 5.74) is 2.91. The number of benzene rings is 2. The van der Waals surface area contributed by atoms with Crippen molar-refractivity contribution in [2.45, 2.75) is 12.8 Å². The third-order valence-electron chi connectivity index (χ3n) is 4.11. The zero-order valence-electron chi connectivity index (χ0n) is 15.3. The molecular formula is C19H24N4O3. The van der Waals surface area contributed by atoms with Crippen LogP contribution in [-0.2, 0) is 6.42 Å². The number of carbonyl (C=O) groups excluding carboxylic acids is 1. The van der Waals surface area contributed by atoms with Crippen molar-refractivity contribution >= 4 is 23.0 Å². The number of rotatable bonds is 8. The Bertz CT molecular complexity index is 773. The second-order valence-corrected chi connectivity index (χ2v) is 6.16. The fourth-order valence-corrected chi connectivity index (χ4v) is 2.59. The summed E-state index contributed by atoms with van der Waals surface area (Å²) in [4.78, 5) is 24.8. The number of nitro benzene ring substituents is 1. The van der Waals surface area contributed by atoms with Crippen molar-refractivity contribution in [2.75, 3.05) is 37.9 Å². The van der Waals surface area contributed by atoms with E-state index in [0.717, 1.165) is 18.5 Å². The van der Waals surface area contributed by atoms with Crippen LogP contribution in [0.4, 0.5) is 17.1 Å². The van der Waals surface area contributed by atoms with E-state index >= 15 is 0 Å². The van der Waals surface area contributed by atoms with Gasteiger partial charge in [0.1, 0.15) is 5.69 Å². The Morgan fingerprint density at radius 3 is 2.42 bits per heavy atom. The summed E-state index contributed by atoms with van der Waals surface area (Å²) in [6.07, 6.45) is 1.65. The highest BCUT2D eigenvalue weighted by Crippen LogP contribution is 2.24. The van der Waals surface area contributed by atoms with E-state index in [0.29, 0.717) is 12.2 Å². The lowest BCUT2D eigenvalue weighted by atomic mass is 10.1. The molecule has 0 saturated heterocycles. The largest absolute Gasteiger partial charge is 0.383 e. The SMILES string of the molecule is CNc1ccc(C(=O)NCCCc2ccc(N(C)C)cc2)cc1[N+](=O)[O-]. The van der Waals surface area contributed by atoms with Gasteiger partial charge in [-0.2, -0.15) is 0 Å². The zero-order valence-corrected chi connectivity index (χ0v) is 15.3. The van der Waals surface area contributed by atoms with Crippen LogP contribution in [0.2, 0.25) is 0 Å². The molecule has 1 amide bonds. The molecule has 2 rings (SSSR count). The van der Waals surface area contributed by atoms with E-state index in [9.17, 15) is 14.9 Å². The Hall–Kier alpha value is -3.09. The lowest BCUT2D eigenvalue weighted by Gasteiger charge is -2.12. The van der Waals surface area contributed by atoms with Gasteiger partial charge in [-0.25, -0.2) is 0 Å². The van der Waals surface area contributed by atoms with Crippen LogP contribution >= 0.6 is 0 Å². The average molecular weight is 356 g/mol. The third kappa shape index (κ3) is 4.95. The summed E-state index contributed by atoms with van der Waals surface area (Å²) < 4.78 is 0. The molecule has 138 valence electrons. The molecule has 0 aromatic heterocycles.